The van der Waals surface area contributed by atoms with Gasteiger partial charge in [0.1, 0.15) is 0 Å². The van der Waals surface area contributed by atoms with Crippen molar-refractivity contribution in [2.75, 3.05) is 20.1 Å². The van der Waals surface area contributed by atoms with E-state index in [0.29, 0.717) is 24.3 Å². The molecule has 2 atom stereocenters. The monoisotopic (exact) mass is 361 g/mol. The molecule has 2 fully saturated rings. The third kappa shape index (κ3) is 2.90. The topological polar surface area (TPSA) is 53.7 Å². The predicted octanol–water partition coefficient (Wildman–Crippen LogP) is 2.45. The van der Waals surface area contributed by atoms with E-state index in [1.807, 2.05) is 47.1 Å². The maximum absolute atomic E-state index is 12.0. The maximum atomic E-state index is 12.0. The molecular weight excluding hydrogens is 338 g/mol. The number of fused-ring (bicyclic) bond motifs is 2. The van der Waals surface area contributed by atoms with Gasteiger partial charge in [-0.2, -0.15) is 5.10 Å². The van der Waals surface area contributed by atoms with Gasteiger partial charge in [-0.05, 0) is 12.0 Å². The van der Waals surface area contributed by atoms with Crippen molar-refractivity contribution in [3.8, 4) is 11.1 Å². The summed E-state index contributed by atoms with van der Waals surface area (Å²) >= 11 is 0. The van der Waals surface area contributed by atoms with Gasteiger partial charge in [0.2, 0.25) is 5.91 Å². The molecule has 2 saturated heterocycles. The van der Waals surface area contributed by atoms with Crippen molar-refractivity contribution < 1.29 is 4.79 Å². The van der Waals surface area contributed by atoms with Crippen molar-refractivity contribution in [3.63, 3.8) is 0 Å². The SMILES string of the molecule is CN1C(=O)C[C@@H]2CN(Cc3cnc4c(-c5ccccc5)cnn4c3)CC[C@@H]21. The molecule has 2 aromatic heterocycles. The van der Waals surface area contributed by atoms with Crippen molar-refractivity contribution in [1.82, 2.24) is 24.4 Å². The minimum absolute atomic E-state index is 0.292. The molecule has 2 aliphatic heterocycles. The molecule has 6 nitrogen and oxygen atoms in total. The zero-order chi connectivity index (χ0) is 18.4. The van der Waals surface area contributed by atoms with Gasteiger partial charge in [-0.1, -0.05) is 30.3 Å². The van der Waals surface area contributed by atoms with Crippen LogP contribution in [0.2, 0.25) is 0 Å². The lowest BCUT2D eigenvalue weighted by atomic mass is 9.93. The van der Waals surface area contributed by atoms with Gasteiger partial charge < -0.3 is 4.90 Å². The zero-order valence-corrected chi connectivity index (χ0v) is 15.5. The van der Waals surface area contributed by atoms with Crippen LogP contribution in [-0.4, -0.2) is 56.5 Å². The molecule has 0 spiro atoms. The van der Waals surface area contributed by atoms with E-state index in [1.165, 1.54) is 0 Å². The molecule has 138 valence electrons. The minimum atomic E-state index is 0.292. The largest absolute Gasteiger partial charge is 0.342 e. The number of benzene rings is 1. The summed E-state index contributed by atoms with van der Waals surface area (Å²) in [7, 11) is 1.95. The zero-order valence-electron chi connectivity index (χ0n) is 15.5. The van der Waals surface area contributed by atoms with Crippen molar-refractivity contribution >= 4 is 11.6 Å². The quantitative estimate of drug-likeness (QED) is 0.719. The smallest absolute Gasteiger partial charge is 0.222 e. The Bertz CT molecular complexity index is 983. The summed E-state index contributed by atoms with van der Waals surface area (Å²) in [5, 5.41) is 4.51. The number of carbonyl (C=O) groups is 1. The van der Waals surface area contributed by atoms with Crippen LogP contribution in [0.25, 0.3) is 16.8 Å². The lowest BCUT2D eigenvalue weighted by Crippen LogP contribution is -2.44. The second kappa shape index (κ2) is 6.46. The molecule has 27 heavy (non-hydrogen) atoms. The van der Waals surface area contributed by atoms with E-state index in [0.717, 1.165) is 48.4 Å². The Hall–Kier alpha value is -2.73. The third-order valence-electron chi connectivity index (χ3n) is 6.01. The molecule has 0 unspecified atom stereocenters. The van der Waals surface area contributed by atoms with Gasteiger partial charge in [0.15, 0.2) is 5.65 Å². The van der Waals surface area contributed by atoms with Crippen molar-refractivity contribution in [2.45, 2.75) is 25.4 Å². The summed E-state index contributed by atoms with van der Waals surface area (Å²) in [6, 6.07) is 10.7. The van der Waals surface area contributed by atoms with E-state index in [-0.39, 0.29) is 0 Å². The van der Waals surface area contributed by atoms with Crippen molar-refractivity contribution in [1.29, 1.82) is 0 Å². The molecule has 0 bridgehead atoms. The molecule has 1 amide bonds. The highest BCUT2D eigenvalue weighted by Gasteiger charge is 2.40. The molecule has 0 N–H and O–H groups in total. The summed E-state index contributed by atoms with van der Waals surface area (Å²) in [5.74, 6) is 0.752. The summed E-state index contributed by atoms with van der Waals surface area (Å²) in [5.41, 5.74) is 4.22. The average molecular weight is 361 g/mol. The van der Waals surface area contributed by atoms with Crippen LogP contribution in [0.1, 0.15) is 18.4 Å². The highest BCUT2D eigenvalue weighted by Crippen LogP contribution is 2.31. The summed E-state index contributed by atoms with van der Waals surface area (Å²) in [6.45, 7) is 2.85. The molecule has 3 aromatic rings. The first-order chi connectivity index (χ1) is 13.2. The van der Waals surface area contributed by atoms with Gasteiger partial charge in [0.25, 0.3) is 0 Å². The lowest BCUT2D eigenvalue weighted by molar-refractivity contribution is -0.127. The number of hydrogen-bond acceptors (Lipinski definition) is 4. The third-order valence-corrected chi connectivity index (χ3v) is 6.01. The van der Waals surface area contributed by atoms with Crippen LogP contribution < -0.4 is 0 Å². The van der Waals surface area contributed by atoms with Gasteiger partial charge in [-0.3, -0.25) is 9.69 Å². The Labute approximate surface area is 158 Å². The molecule has 5 rings (SSSR count). The second-order valence-electron chi connectivity index (χ2n) is 7.71. The number of amides is 1. The van der Waals surface area contributed by atoms with E-state index >= 15 is 0 Å². The molecule has 6 heteroatoms. The number of nitrogens with zero attached hydrogens (tertiary/aromatic N) is 5. The average Bonchev–Trinajstić information content (AvgIpc) is 3.23. The number of piperidine rings is 1. The molecule has 0 saturated carbocycles. The van der Waals surface area contributed by atoms with E-state index in [9.17, 15) is 4.79 Å². The van der Waals surface area contributed by atoms with Crippen molar-refractivity contribution in [3.05, 3.63) is 54.5 Å². The number of carbonyl (C=O) groups excluding carboxylic acids is 1. The fourth-order valence-electron chi connectivity index (χ4n) is 4.58. The normalized spacial score (nSPS) is 23.1. The fraction of sp³-hybridized carbons (Fsp3) is 0.381. The Morgan fingerprint density at radius 2 is 2.04 bits per heavy atom. The van der Waals surface area contributed by atoms with Crippen LogP contribution in [0.5, 0.6) is 0 Å². The summed E-state index contributed by atoms with van der Waals surface area (Å²) in [4.78, 5) is 21.0. The van der Waals surface area contributed by atoms with E-state index < -0.39 is 0 Å². The number of likely N-dealkylation sites (tertiary alicyclic amines) is 2. The number of rotatable bonds is 3. The van der Waals surface area contributed by atoms with Crippen LogP contribution >= 0.6 is 0 Å². The first-order valence-corrected chi connectivity index (χ1v) is 9.55. The van der Waals surface area contributed by atoms with Crippen LogP contribution in [-0.2, 0) is 11.3 Å². The first kappa shape index (κ1) is 16.4. The molecular formula is C21H23N5O. The van der Waals surface area contributed by atoms with Crippen LogP contribution in [0.3, 0.4) is 0 Å². The maximum Gasteiger partial charge on any atom is 0.222 e. The lowest BCUT2D eigenvalue weighted by Gasteiger charge is -2.36. The summed E-state index contributed by atoms with van der Waals surface area (Å²) in [6.07, 6.45) is 7.66. The fourth-order valence-corrected chi connectivity index (χ4v) is 4.58. The minimum Gasteiger partial charge on any atom is -0.342 e. The second-order valence-corrected chi connectivity index (χ2v) is 7.71. The van der Waals surface area contributed by atoms with Gasteiger partial charge >= 0.3 is 0 Å². The molecule has 0 aliphatic carbocycles. The van der Waals surface area contributed by atoms with Crippen LogP contribution in [0.15, 0.2) is 48.9 Å². The molecule has 2 aliphatic rings. The van der Waals surface area contributed by atoms with E-state index in [4.69, 9.17) is 0 Å². The van der Waals surface area contributed by atoms with Gasteiger partial charge in [-0.25, -0.2) is 9.50 Å². The van der Waals surface area contributed by atoms with E-state index in [1.54, 1.807) is 0 Å². The van der Waals surface area contributed by atoms with Gasteiger partial charge in [0.05, 0.1) is 6.20 Å². The highest BCUT2D eigenvalue weighted by atomic mass is 16.2. The first-order valence-electron chi connectivity index (χ1n) is 9.55. The Morgan fingerprint density at radius 1 is 1.19 bits per heavy atom. The summed E-state index contributed by atoms with van der Waals surface area (Å²) < 4.78 is 1.87. The molecule has 1 aromatic carbocycles. The highest BCUT2D eigenvalue weighted by molar-refractivity contribution is 5.79. The number of hydrogen-bond donors (Lipinski definition) is 0. The van der Waals surface area contributed by atoms with Crippen LogP contribution in [0, 0.1) is 5.92 Å². The Morgan fingerprint density at radius 3 is 2.89 bits per heavy atom. The molecule has 0 radical (unpaired) electrons. The standard InChI is InChI=1S/C21H23N5O/c1-24-19-7-8-25(14-17(19)9-20(24)27)12-15-10-22-21-18(11-23-26(21)13-15)16-5-3-2-4-6-16/h2-6,10-11,13,17,19H,7-9,12,14H2,1H3/t17-,19+/m1/s1. The van der Waals surface area contributed by atoms with Gasteiger partial charge in [0, 0.05) is 68.6 Å². The molecule has 4 heterocycles. The van der Waals surface area contributed by atoms with E-state index in [2.05, 4.69) is 33.3 Å². The Balaban J connectivity index is 1.34. The van der Waals surface area contributed by atoms with Crippen LogP contribution in [0.4, 0.5) is 0 Å². The Kier molecular flexibility index (Phi) is 3.93. The van der Waals surface area contributed by atoms with Crippen molar-refractivity contribution in [2.24, 2.45) is 5.92 Å². The van der Waals surface area contributed by atoms with Gasteiger partial charge in [-0.15, -0.1) is 0 Å². The predicted molar refractivity (Wildman–Crippen MR) is 103 cm³/mol. The number of aromatic nitrogens is 3.